The Morgan fingerprint density at radius 1 is 1.36 bits per heavy atom. The molecular weight excluding hydrogens is 300 g/mol. The van der Waals surface area contributed by atoms with E-state index in [0.29, 0.717) is 12.5 Å². The van der Waals surface area contributed by atoms with Crippen molar-refractivity contribution in [3.8, 4) is 0 Å². The molecule has 0 amide bonds. The molecule has 2 fully saturated rings. The van der Waals surface area contributed by atoms with E-state index >= 15 is 0 Å². The summed E-state index contributed by atoms with van der Waals surface area (Å²) in [6.07, 6.45) is 7.16. The Morgan fingerprint density at radius 3 is 2.95 bits per heavy atom. The molecule has 0 aliphatic carbocycles. The first-order valence-corrected chi connectivity index (χ1v) is 9.96. The minimum Gasteiger partial charge on any atom is -0.366 e. The quantitative estimate of drug-likeness (QED) is 0.911. The zero-order valence-electron chi connectivity index (χ0n) is 13.0. The fraction of sp³-hybridized carbons (Fsp3) is 0.733. The van der Waals surface area contributed by atoms with Gasteiger partial charge in [0.2, 0.25) is 5.95 Å². The van der Waals surface area contributed by atoms with Crippen molar-refractivity contribution in [3.05, 3.63) is 12.3 Å². The molecule has 0 radical (unpaired) electrons. The number of hydrogen-bond acceptors (Lipinski definition) is 6. The second-order valence-electron chi connectivity index (χ2n) is 6.24. The summed E-state index contributed by atoms with van der Waals surface area (Å²) >= 11 is 0. The van der Waals surface area contributed by atoms with E-state index in [9.17, 15) is 8.42 Å². The van der Waals surface area contributed by atoms with E-state index in [4.69, 9.17) is 0 Å². The number of piperidine rings is 1. The van der Waals surface area contributed by atoms with Crippen molar-refractivity contribution >= 4 is 21.6 Å². The number of hydrogen-bond donors (Lipinski definition) is 1. The van der Waals surface area contributed by atoms with Gasteiger partial charge in [-0.05, 0) is 38.2 Å². The number of nitrogens with zero attached hydrogens (tertiary/aromatic N) is 3. The lowest BCUT2D eigenvalue weighted by molar-refractivity contribution is 0.443. The van der Waals surface area contributed by atoms with Crippen LogP contribution in [0.15, 0.2) is 12.3 Å². The summed E-state index contributed by atoms with van der Waals surface area (Å²) < 4.78 is 23.1. The first kappa shape index (κ1) is 15.5. The second-order valence-corrected chi connectivity index (χ2v) is 8.47. The van der Waals surface area contributed by atoms with Crippen LogP contribution in [0.2, 0.25) is 0 Å². The summed E-state index contributed by atoms with van der Waals surface area (Å²) in [7, 11) is -2.88. The smallest absolute Gasteiger partial charge is 0.227 e. The SMILES string of the molecule is CCC1CCCCN1c1nccc(NC2CCS(=O)(=O)C2)n1. The molecule has 22 heavy (non-hydrogen) atoms. The van der Waals surface area contributed by atoms with Gasteiger partial charge in [-0.25, -0.2) is 13.4 Å². The average molecular weight is 324 g/mol. The Kier molecular flexibility index (Phi) is 4.52. The minimum absolute atomic E-state index is 0.0314. The van der Waals surface area contributed by atoms with Gasteiger partial charge in [-0.2, -0.15) is 4.98 Å². The predicted octanol–water partition coefficient (Wildman–Crippen LogP) is 1.84. The molecule has 2 atom stereocenters. The molecular formula is C15H24N4O2S. The summed E-state index contributed by atoms with van der Waals surface area (Å²) in [5, 5.41) is 3.25. The van der Waals surface area contributed by atoms with E-state index in [2.05, 4.69) is 27.1 Å². The van der Waals surface area contributed by atoms with Crippen LogP contribution in [0.1, 0.15) is 39.0 Å². The maximum absolute atomic E-state index is 11.5. The maximum atomic E-state index is 11.5. The number of sulfone groups is 1. The third-order valence-corrected chi connectivity index (χ3v) is 6.35. The first-order valence-electron chi connectivity index (χ1n) is 8.14. The number of aromatic nitrogens is 2. The zero-order chi connectivity index (χ0) is 15.6. The predicted molar refractivity (Wildman–Crippen MR) is 88.0 cm³/mol. The van der Waals surface area contributed by atoms with Crippen molar-refractivity contribution in [2.24, 2.45) is 0 Å². The normalized spacial score (nSPS) is 27.8. The van der Waals surface area contributed by atoms with Crippen molar-refractivity contribution in [3.63, 3.8) is 0 Å². The molecule has 0 saturated carbocycles. The van der Waals surface area contributed by atoms with Crippen LogP contribution in [0.3, 0.4) is 0 Å². The lowest BCUT2D eigenvalue weighted by Gasteiger charge is -2.35. The highest BCUT2D eigenvalue weighted by molar-refractivity contribution is 7.91. The van der Waals surface area contributed by atoms with E-state index in [1.165, 1.54) is 19.3 Å². The molecule has 0 bridgehead atoms. The highest BCUT2D eigenvalue weighted by Gasteiger charge is 2.28. The van der Waals surface area contributed by atoms with E-state index in [0.717, 1.165) is 24.7 Å². The lowest BCUT2D eigenvalue weighted by Crippen LogP contribution is -2.40. The molecule has 3 rings (SSSR count). The first-order chi connectivity index (χ1) is 10.6. The zero-order valence-corrected chi connectivity index (χ0v) is 13.8. The van der Waals surface area contributed by atoms with Gasteiger partial charge in [0, 0.05) is 24.8 Å². The summed E-state index contributed by atoms with van der Waals surface area (Å²) in [5.74, 6) is 1.96. The molecule has 7 heteroatoms. The van der Waals surface area contributed by atoms with Crippen molar-refractivity contribution in [2.75, 3.05) is 28.3 Å². The molecule has 122 valence electrons. The van der Waals surface area contributed by atoms with Crippen molar-refractivity contribution in [1.29, 1.82) is 0 Å². The van der Waals surface area contributed by atoms with Crippen LogP contribution < -0.4 is 10.2 Å². The van der Waals surface area contributed by atoms with Crippen LogP contribution in [0.25, 0.3) is 0 Å². The Hall–Kier alpha value is -1.37. The van der Waals surface area contributed by atoms with Crippen LogP contribution in [-0.4, -0.2) is 48.5 Å². The molecule has 1 N–H and O–H groups in total. The van der Waals surface area contributed by atoms with Gasteiger partial charge in [0.05, 0.1) is 11.5 Å². The van der Waals surface area contributed by atoms with Gasteiger partial charge in [-0.1, -0.05) is 6.92 Å². The Labute approximate surface area is 132 Å². The summed E-state index contributed by atoms with van der Waals surface area (Å²) in [6.45, 7) is 3.20. The highest BCUT2D eigenvalue weighted by atomic mass is 32.2. The fourth-order valence-electron chi connectivity index (χ4n) is 3.37. The monoisotopic (exact) mass is 324 g/mol. The third-order valence-electron chi connectivity index (χ3n) is 4.58. The van der Waals surface area contributed by atoms with Gasteiger partial charge in [-0.15, -0.1) is 0 Å². The van der Waals surface area contributed by atoms with E-state index in [-0.39, 0.29) is 17.5 Å². The van der Waals surface area contributed by atoms with Gasteiger partial charge in [0.1, 0.15) is 5.82 Å². The summed E-state index contributed by atoms with van der Waals surface area (Å²) in [5.41, 5.74) is 0. The third kappa shape index (κ3) is 3.51. The second kappa shape index (κ2) is 6.40. The molecule has 0 spiro atoms. The standard InChI is InChI=1S/C15H24N4O2S/c1-2-13-5-3-4-9-19(13)15-16-8-6-14(18-15)17-12-7-10-22(20,21)11-12/h6,8,12-13H,2-5,7,9-11H2,1H3,(H,16,17,18). The van der Waals surface area contributed by atoms with Crippen molar-refractivity contribution in [1.82, 2.24) is 9.97 Å². The van der Waals surface area contributed by atoms with Crippen molar-refractivity contribution in [2.45, 2.75) is 51.1 Å². The summed E-state index contributed by atoms with van der Waals surface area (Å²) in [6, 6.07) is 2.30. The van der Waals surface area contributed by atoms with Crippen LogP contribution >= 0.6 is 0 Å². The van der Waals surface area contributed by atoms with Crippen LogP contribution in [0.5, 0.6) is 0 Å². The van der Waals surface area contributed by atoms with Crippen LogP contribution in [0, 0.1) is 0 Å². The molecule has 3 heterocycles. The van der Waals surface area contributed by atoms with E-state index in [1.54, 1.807) is 6.20 Å². The summed E-state index contributed by atoms with van der Waals surface area (Å²) in [4.78, 5) is 11.3. The maximum Gasteiger partial charge on any atom is 0.227 e. The van der Waals surface area contributed by atoms with Gasteiger partial charge in [-0.3, -0.25) is 0 Å². The Balaban J connectivity index is 1.72. The van der Waals surface area contributed by atoms with Gasteiger partial charge in [0.25, 0.3) is 0 Å². The van der Waals surface area contributed by atoms with Crippen molar-refractivity contribution < 1.29 is 8.42 Å². The number of rotatable bonds is 4. The Bertz CT molecular complexity index is 620. The molecule has 1 aromatic rings. The van der Waals surface area contributed by atoms with E-state index < -0.39 is 9.84 Å². The molecule has 2 aliphatic rings. The Morgan fingerprint density at radius 2 is 2.23 bits per heavy atom. The molecule has 2 aliphatic heterocycles. The van der Waals surface area contributed by atoms with E-state index in [1.807, 2.05) is 6.07 Å². The molecule has 2 unspecified atom stereocenters. The molecule has 1 aromatic heterocycles. The van der Waals surface area contributed by atoms with Gasteiger partial charge in [0.15, 0.2) is 9.84 Å². The number of anilines is 2. The molecule has 6 nitrogen and oxygen atoms in total. The average Bonchev–Trinajstić information content (AvgIpc) is 2.86. The number of nitrogens with one attached hydrogen (secondary N) is 1. The lowest BCUT2D eigenvalue weighted by atomic mass is 10.0. The topological polar surface area (TPSA) is 75.2 Å². The van der Waals surface area contributed by atoms with Gasteiger partial charge < -0.3 is 10.2 Å². The highest BCUT2D eigenvalue weighted by Crippen LogP contribution is 2.25. The fourth-order valence-corrected chi connectivity index (χ4v) is 5.05. The van der Waals surface area contributed by atoms with Gasteiger partial charge >= 0.3 is 0 Å². The minimum atomic E-state index is -2.88. The molecule has 2 saturated heterocycles. The largest absolute Gasteiger partial charge is 0.366 e. The van der Waals surface area contributed by atoms with Crippen LogP contribution in [0.4, 0.5) is 11.8 Å². The van der Waals surface area contributed by atoms with Crippen LogP contribution in [-0.2, 0) is 9.84 Å². The molecule has 0 aromatic carbocycles.